The Morgan fingerprint density at radius 2 is 0.947 bits per heavy atom. The van der Waals surface area contributed by atoms with Gasteiger partial charge in [0.1, 0.15) is 0 Å². The summed E-state index contributed by atoms with van der Waals surface area (Å²) >= 11 is 0. The molecule has 0 bridgehead atoms. The number of carbonyl (C=O) groups excluding carboxylic acids is 6. The van der Waals surface area contributed by atoms with Crippen molar-refractivity contribution >= 4 is 35.6 Å². The second kappa shape index (κ2) is 11.4. The fraction of sp³-hybridized carbons (Fsp3) is 0.357. The van der Waals surface area contributed by atoms with Gasteiger partial charge in [-0.3, -0.25) is 29.0 Å². The molecule has 38 heavy (non-hydrogen) atoms. The van der Waals surface area contributed by atoms with Crippen molar-refractivity contribution in [2.45, 2.75) is 39.5 Å². The van der Waals surface area contributed by atoms with Crippen molar-refractivity contribution in [2.24, 2.45) is 0 Å². The van der Waals surface area contributed by atoms with Crippen molar-refractivity contribution in [3.05, 3.63) is 69.8 Å². The van der Waals surface area contributed by atoms with E-state index in [1.807, 2.05) is 0 Å². The molecule has 0 atom stereocenters. The van der Waals surface area contributed by atoms with Gasteiger partial charge in [-0.25, -0.2) is 9.59 Å². The van der Waals surface area contributed by atoms with E-state index >= 15 is 0 Å². The van der Waals surface area contributed by atoms with Gasteiger partial charge in [-0.2, -0.15) is 0 Å². The van der Waals surface area contributed by atoms with Crippen LogP contribution in [0.4, 0.5) is 0 Å². The summed E-state index contributed by atoms with van der Waals surface area (Å²) in [4.78, 5) is 77.1. The number of unbranched alkanes of at least 4 members (excludes halogenated alkanes) is 3. The van der Waals surface area contributed by atoms with Gasteiger partial charge in [0.25, 0.3) is 23.6 Å². The Hall–Kier alpha value is -4.34. The number of fused-ring (bicyclic) bond motifs is 2. The van der Waals surface area contributed by atoms with Crippen LogP contribution in [-0.4, -0.2) is 71.7 Å². The summed E-state index contributed by atoms with van der Waals surface area (Å²) in [6.07, 6.45) is 2.47. The maximum atomic E-state index is 12.8. The quantitative estimate of drug-likeness (QED) is 0.250. The van der Waals surface area contributed by atoms with E-state index in [1.165, 1.54) is 46.2 Å². The predicted octanol–water partition coefficient (Wildman–Crippen LogP) is 3.49. The molecule has 0 spiro atoms. The van der Waals surface area contributed by atoms with Crippen LogP contribution in [0.25, 0.3) is 0 Å². The van der Waals surface area contributed by atoms with Crippen LogP contribution in [-0.2, 0) is 9.47 Å². The average molecular weight is 521 g/mol. The molecule has 0 aromatic heterocycles. The lowest BCUT2D eigenvalue weighted by Gasteiger charge is -2.15. The predicted molar refractivity (Wildman–Crippen MR) is 134 cm³/mol. The van der Waals surface area contributed by atoms with Crippen LogP contribution in [0.1, 0.15) is 102 Å². The van der Waals surface area contributed by atoms with Crippen molar-refractivity contribution in [3.8, 4) is 0 Å². The molecule has 0 N–H and O–H groups in total. The topological polar surface area (TPSA) is 127 Å². The van der Waals surface area contributed by atoms with E-state index in [1.54, 1.807) is 13.8 Å². The molecule has 10 heteroatoms. The number of esters is 2. The second-order valence-electron chi connectivity index (χ2n) is 8.90. The zero-order chi connectivity index (χ0) is 27.4. The van der Waals surface area contributed by atoms with Gasteiger partial charge in [0.05, 0.1) is 46.6 Å². The van der Waals surface area contributed by atoms with Gasteiger partial charge in [-0.15, -0.1) is 0 Å². The van der Waals surface area contributed by atoms with E-state index in [4.69, 9.17) is 9.47 Å². The third-order valence-corrected chi connectivity index (χ3v) is 6.48. The maximum absolute atomic E-state index is 12.8. The molecule has 198 valence electrons. The fourth-order valence-electron chi connectivity index (χ4n) is 4.56. The van der Waals surface area contributed by atoms with E-state index in [0.29, 0.717) is 25.7 Å². The van der Waals surface area contributed by atoms with Crippen LogP contribution in [0.15, 0.2) is 36.4 Å². The van der Waals surface area contributed by atoms with Gasteiger partial charge in [0.15, 0.2) is 0 Å². The molecule has 2 heterocycles. The van der Waals surface area contributed by atoms with Gasteiger partial charge < -0.3 is 9.47 Å². The lowest BCUT2D eigenvalue weighted by molar-refractivity contribution is 0.0516. The molecule has 2 aromatic rings. The van der Waals surface area contributed by atoms with Crippen LogP contribution in [0, 0.1) is 0 Å². The summed E-state index contributed by atoms with van der Waals surface area (Å²) in [6, 6.07) is 8.68. The fourth-order valence-corrected chi connectivity index (χ4v) is 4.56. The standard InChI is InChI=1S/C28H28N2O8/c1-3-37-27(35)17-9-11-19-21(15-17)25(33)29(23(19)31)13-7-5-6-8-14-30-24(32)20-12-10-18(28(36)38-4-2)16-22(20)26(30)34/h9-12,15-16H,3-8,13-14H2,1-2H3. The molecule has 0 saturated heterocycles. The molecule has 10 nitrogen and oxygen atoms in total. The monoisotopic (exact) mass is 520 g/mol. The van der Waals surface area contributed by atoms with Crippen molar-refractivity contribution in [3.63, 3.8) is 0 Å². The Bertz CT molecular complexity index is 1230. The van der Waals surface area contributed by atoms with E-state index in [-0.39, 0.29) is 59.7 Å². The highest BCUT2D eigenvalue weighted by Gasteiger charge is 2.37. The Kier molecular flexibility index (Phi) is 7.99. The highest BCUT2D eigenvalue weighted by molar-refractivity contribution is 6.22. The zero-order valence-electron chi connectivity index (χ0n) is 21.3. The van der Waals surface area contributed by atoms with E-state index in [2.05, 4.69) is 0 Å². The van der Waals surface area contributed by atoms with Crippen LogP contribution < -0.4 is 0 Å². The number of hydrogen-bond donors (Lipinski definition) is 0. The molecular weight excluding hydrogens is 492 g/mol. The van der Waals surface area contributed by atoms with Crippen LogP contribution in [0.3, 0.4) is 0 Å². The normalized spacial score (nSPS) is 14.2. The van der Waals surface area contributed by atoms with Crippen molar-refractivity contribution in [1.29, 1.82) is 0 Å². The lowest BCUT2D eigenvalue weighted by atomic mass is 10.1. The second-order valence-corrected chi connectivity index (χ2v) is 8.90. The van der Waals surface area contributed by atoms with Crippen LogP contribution in [0.5, 0.6) is 0 Å². The average Bonchev–Trinajstić information content (AvgIpc) is 3.30. The van der Waals surface area contributed by atoms with Gasteiger partial charge in [0, 0.05) is 13.1 Å². The van der Waals surface area contributed by atoms with E-state index < -0.39 is 35.6 Å². The van der Waals surface area contributed by atoms with Crippen molar-refractivity contribution < 1.29 is 38.2 Å². The molecule has 0 fully saturated rings. The zero-order valence-corrected chi connectivity index (χ0v) is 21.3. The number of carbonyl (C=O) groups is 6. The summed E-state index contributed by atoms with van der Waals surface area (Å²) in [5, 5.41) is 0. The number of benzene rings is 2. The number of nitrogens with zero attached hydrogens (tertiary/aromatic N) is 2. The first-order valence-electron chi connectivity index (χ1n) is 12.6. The van der Waals surface area contributed by atoms with Gasteiger partial charge in [-0.1, -0.05) is 12.8 Å². The van der Waals surface area contributed by atoms with E-state index in [9.17, 15) is 28.8 Å². The summed E-state index contributed by atoms with van der Waals surface area (Å²) in [6.45, 7) is 4.24. The summed E-state index contributed by atoms with van der Waals surface area (Å²) in [5.41, 5.74) is 1.35. The molecule has 4 amide bonds. The molecule has 0 saturated carbocycles. The molecule has 2 aliphatic heterocycles. The van der Waals surface area contributed by atoms with Crippen molar-refractivity contribution in [2.75, 3.05) is 26.3 Å². The van der Waals surface area contributed by atoms with Crippen LogP contribution in [0.2, 0.25) is 0 Å². The lowest BCUT2D eigenvalue weighted by Crippen LogP contribution is -2.31. The molecule has 4 rings (SSSR count). The largest absolute Gasteiger partial charge is 0.462 e. The third-order valence-electron chi connectivity index (χ3n) is 6.48. The van der Waals surface area contributed by atoms with Crippen molar-refractivity contribution in [1.82, 2.24) is 9.80 Å². The number of hydrogen-bond acceptors (Lipinski definition) is 8. The van der Waals surface area contributed by atoms with Crippen LogP contribution >= 0.6 is 0 Å². The SMILES string of the molecule is CCOC(=O)c1ccc2c(c1)C(=O)N(CCCCCCN1C(=O)c3ccc(C(=O)OCC)cc3C1=O)C2=O. The number of rotatable bonds is 11. The Labute approximate surface area is 219 Å². The third kappa shape index (κ3) is 5.06. The summed E-state index contributed by atoms with van der Waals surface area (Å²) < 4.78 is 9.92. The molecular formula is C28H28N2O8. The minimum Gasteiger partial charge on any atom is -0.462 e. The smallest absolute Gasteiger partial charge is 0.338 e. The molecule has 2 aromatic carbocycles. The highest BCUT2D eigenvalue weighted by Crippen LogP contribution is 2.26. The van der Waals surface area contributed by atoms with E-state index in [0.717, 1.165) is 0 Å². The minimum atomic E-state index is -0.550. The minimum absolute atomic E-state index is 0.192. The van der Waals surface area contributed by atoms with Gasteiger partial charge >= 0.3 is 11.9 Å². The Balaban J connectivity index is 1.25. The first-order chi connectivity index (χ1) is 18.3. The Morgan fingerprint density at radius 1 is 0.579 bits per heavy atom. The molecule has 0 aliphatic carbocycles. The molecule has 2 aliphatic rings. The first-order valence-corrected chi connectivity index (χ1v) is 12.6. The molecule has 0 radical (unpaired) electrons. The van der Waals surface area contributed by atoms with Gasteiger partial charge in [-0.05, 0) is 63.1 Å². The maximum Gasteiger partial charge on any atom is 0.338 e. The summed E-state index contributed by atoms with van der Waals surface area (Å²) in [7, 11) is 0. The number of amides is 4. The number of ether oxygens (including phenoxy) is 2. The molecule has 0 unspecified atom stereocenters. The summed E-state index contributed by atoms with van der Waals surface area (Å²) in [5.74, 6) is -2.77. The number of imide groups is 2. The van der Waals surface area contributed by atoms with Gasteiger partial charge in [0.2, 0.25) is 0 Å². The highest BCUT2D eigenvalue weighted by atomic mass is 16.5. The Morgan fingerprint density at radius 3 is 1.32 bits per heavy atom. The first kappa shape index (κ1) is 26.7.